The average Bonchev–Trinajstić information content (AvgIpc) is 3.26. The number of aryl methyl sites for hydroxylation is 1. The van der Waals surface area contributed by atoms with Crippen LogP contribution in [0.3, 0.4) is 0 Å². The molecule has 2 aromatic heterocycles. The lowest BCUT2D eigenvalue weighted by molar-refractivity contribution is -0.135. The van der Waals surface area contributed by atoms with Crippen molar-refractivity contribution in [2.45, 2.75) is 51.5 Å². The zero-order valence-electron chi connectivity index (χ0n) is 21.9. The van der Waals surface area contributed by atoms with E-state index in [-0.39, 0.29) is 11.8 Å². The van der Waals surface area contributed by atoms with E-state index in [1.165, 1.54) is 35.1 Å². The maximum Gasteiger partial charge on any atom is 0.246 e. The van der Waals surface area contributed by atoms with E-state index < -0.39 is 6.04 Å². The summed E-state index contributed by atoms with van der Waals surface area (Å²) in [6, 6.07) is 1.27. The van der Waals surface area contributed by atoms with Gasteiger partial charge in [0.05, 0.1) is 0 Å². The van der Waals surface area contributed by atoms with Crippen molar-refractivity contribution in [1.82, 2.24) is 30.1 Å². The molecule has 1 saturated carbocycles. The fraction of sp³-hybridized carbons (Fsp3) is 0.560. The standard InChI is InChI=1S/C25H38N8O2S/c1-6-20-29-21(15-22(30-20)31-25-28-16-19(36-25)18-9-7-10-18)26-12-13-27-24(35)17(2)33(5)23(34)11-8-14-32(3)4/h8,11,15-18H,6-7,9-10,12-14H2,1-5H3,(H,27,35)(H2,26,28,29,30,31)/b11-8+/t17-/m0/s1. The number of thiazole rings is 1. The second kappa shape index (κ2) is 13.3. The van der Waals surface area contributed by atoms with Crippen molar-refractivity contribution in [3.05, 3.63) is 35.1 Å². The highest BCUT2D eigenvalue weighted by Gasteiger charge is 2.22. The summed E-state index contributed by atoms with van der Waals surface area (Å²) in [6.45, 7) is 5.27. The van der Waals surface area contributed by atoms with Gasteiger partial charge in [-0.1, -0.05) is 19.4 Å². The molecule has 1 aliphatic rings. The molecule has 0 unspecified atom stereocenters. The van der Waals surface area contributed by atoms with Crippen LogP contribution >= 0.6 is 11.3 Å². The summed E-state index contributed by atoms with van der Waals surface area (Å²) in [6.07, 6.45) is 9.74. The molecule has 0 radical (unpaired) electrons. The number of hydrogen-bond donors (Lipinski definition) is 3. The Kier molecular flexibility index (Phi) is 10.2. The first-order valence-corrected chi connectivity index (χ1v) is 13.3. The summed E-state index contributed by atoms with van der Waals surface area (Å²) in [5.74, 6) is 2.34. The van der Waals surface area contributed by atoms with Crippen LogP contribution in [0.15, 0.2) is 24.4 Å². The predicted molar refractivity (Wildman–Crippen MR) is 145 cm³/mol. The van der Waals surface area contributed by atoms with E-state index in [1.807, 2.05) is 38.2 Å². The third kappa shape index (κ3) is 7.99. The molecule has 0 bridgehead atoms. The first-order chi connectivity index (χ1) is 17.3. The number of carbonyl (C=O) groups is 2. The van der Waals surface area contributed by atoms with E-state index in [1.54, 1.807) is 31.4 Å². The third-order valence-corrected chi connectivity index (χ3v) is 7.20. The van der Waals surface area contributed by atoms with Crippen LogP contribution in [0.5, 0.6) is 0 Å². The van der Waals surface area contributed by atoms with Crippen LogP contribution in [0.4, 0.5) is 16.8 Å². The fourth-order valence-electron chi connectivity index (χ4n) is 3.52. The van der Waals surface area contributed by atoms with Crippen LogP contribution in [0, 0.1) is 0 Å². The number of amides is 2. The Morgan fingerprint density at radius 3 is 2.61 bits per heavy atom. The van der Waals surface area contributed by atoms with Crippen LogP contribution in [-0.4, -0.2) is 83.4 Å². The minimum atomic E-state index is -0.578. The zero-order chi connectivity index (χ0) is 26.1. The summed E-state index contributed by atoms with van der Waals surface area (Å²) in [5, 5.41) is 10.3. The van der Waals surface area contributed by atoms with Gasteiger partial charge in [-0.15, -0.1) is 11.3 Å². The normalized spacial score (nSPS) is 14.5. The molecule has 36 heavy (non-hydrogen) atoms. The lowest BCUT2D eigenvalue weighted by Gasteiger charge is -2.23. The maximum absolute atomic E-state index is 12.5. The molecule has 10 nitrogen and oxygen atoms in total. The SMILES string of the molecule is CCc1nc(NCCNC(=O)[C@H](C)N(C)C(=O)/C=C/CN(C)C)cc(Nc2ncc(C3CCC3)s2)n1. The molecule has 0 saturated heterocycles. The van der Waals surface area contributed by atoms with Crippen LogP contribution in [-0.2, 0) is 16.0 Å². The minimum Gasteiger partial charge on any atom is -0.368 e. The van der Waals surface area contributed by atoms with Gasteiger partial charge in [-0.2, -0.15) is 0 Å². The molecular weight excluding hydrogens is 476 g/mol. The summed E-state index contributed by atoms with van der Waals surface area (Å²) < 4.78 is 0. The van der Waals surface area contributed by atoms with Gasteiger partial charge < -0.3 is 25.8 Å². The van der Waals surface area contributed by atoms with E-state index in [0.717, 1.165) is 11.0 Å². The summed E-state index contributed by atoms with van der Waals surface area (Å²) in [7, 11) is 5.48. The Bertz CT molecular complexity index is 1050. The molecule has 0 aliphatic heterocycles. The first kappa shape index (κ1) is 27.5. The van der Waals surface area contributed by atoms with Crippen LogP contribution < -0.4 is 16.0 Å². The molecule has 1 fully saturated rings. The number of nitrogens with zero attached hydrogens (tertiary/aromatic N) is 5. The van der Waals surface area contributed by atoms with Crippen molar-refractivity contribution in [3.8, 4) is 0 Å². The molecule has 2 aromatic rings. The van der Waals surface area contributed by atoms with Gasteiger partial charge in [0.1, 0.15) is 23.5 Å². The van der Waals surface area contributed by atoms with Crippen molar-refractivity contribution in [2.24, 2.45) is 0 Å². The van der Waals surface area contributed by atoms with E-state index in [9.17, 15) is 9.59 Å². The molecule has 3 rings (SSSR count). The van der Waals surface area contributed by atoms with E-state index >= 15 is 0 Å². The smallest absolute Gasteiger partial charge is 0.246 e. The number of likely N-dealkylation sites (N-methyl/N-ethyl adjacent to an activating group) is 2. The Morgan fingerprint density at radius 1 is 1.19 bits per heavy atom. The monoisotopic (exact) mass is 514 g/mol. The molecule has 2 amide bonds. The maximum atomic E-state index is 12.5. The Balaban J connectivity index is 1.47. The number of hydrogen-bond acceptors (Lipinski definition) is 9. The number of rotatable bonds is 13. The highest BCUT2D eigenvalue weighted by Crippen LogP contribution is 2.40. The van der Waals surface area contributed by atoms with Crippen molar-refractivity contribution in [3.63, 3.8) is 0 Å². The summed E-state index contributed by atoms with van der Waals surface area (Å²) in [4.78, 5) is 43.1. The van der Waals surface area contributed by atoms with Crippen molar-refractivity contribution in [2.75, 3.05) is 51.4 Å². The highest BCUT2D eigenvalue weighted by molar-refractivity contribution is 7.15. The van der Waals surface area contributed by atoms with Crippen molar-refractivity contribution < 1.29 is 9.59 Å². The average molecular weight is 515 g/mol. The molecular formula is C25H38N8O2S. The zero-order valence-corrected chi connectivity index (χ0v) is 22.7. The minimum absolute atomic E-state index is 0.203. The molecule has 1 aliphatic carbocycles. The summed E-state index contributed by atoms with van der Waals surface area (Å²) in [5.41, 5.74) is 0. The highest BCUT2D eigenvalue weighted by atomic mass is 32.1. The number of anilines is 3. The molecule has 3 N–H and O–H groups in total. The summed E-state index contributed by atoms with van der Waals surface area (Å²) >= 11 is 1.68. The molecule has 2 heterocycles. The van der Waals surface area contributed by atoms with Gasteiger partial charge in [-0.05, 0) is 39.8 Å². The molecule has 0 aromatic carbocycles. The van der Waals surface area contributed by atoms with E-state index in [0.29, 0.717) is 43.6 Å². The number of aromatic nitrogens is 3. The van der Waals surface area contributed by atoms with Gasteiger partial charge in [0, 0.05) is 56.3 Å². The lowest BCUT2D eigenvalue weighted by atomic mass is 9.85. The van der Waals surface area contributed by atoms with E-state index in [4.69, 9.17) is 0 Å². The molecule has 11 heteroatoms. The van der Waals surface area contributed by atoms with E-state index in [2.05, 4.69) is 30.9 Å². The van der Waals surface area contributed by atoms with Crippen LogP contribution in [0.1, 0.15) is 49.7 Å². The van der Waals surface area contributed by atoms with Gasteiger partial charge in [0.15, 0.2) is 5.13 Å². The third-order valence-electron chi connectivity index (χ3n) is 6.12. The second-order valence-corrected chi connectivity index (χ2v) is 10.3. The molecule has 1 atom stereocenters. The topological polar surface area (TPSA) is 115 Å². The largest absolute Gasteiger partial charge is 0.368 e. The Labute approximate surface area is 217 Å². The van der Waals surface area contributed by atoms with Crippen LogP contribution in [0.25, 0.3) is 0 Å². The lowest BCUT2D eigenvalue weighted by Crippen LogP contribution is -2.46. The van der Waals surface area contributed by atoms with Gasteiger partial charge in [0.2, 0.25) is 11.8 Å². The predicted octanol–water partition coefficient (Wildman–Crippen LogP) is 3.00. The molecule has 0 spiro atoms. The fourth-order valence-corrected chi connectivity index (χ4v) is 4.51. The van der Waals surface area contributed by atoms with Gasteiger partial charge in [0.25, 0.3) is 0 Å². The number of nitrogens with one attached hydrogen (secondary N) is 3. The quantitative estimate of drug-likeness (QED) is 0.276. The van der Waals surface area contributed by atoms with Crippen molar-refractivity contribution >= 4 is 39.9 Å². The van der Waals surface area contributed by atoms with Gasteiger partial charge >= 0.3 is 0 Å². The Morgan fingerprint density at radius 2 is 1.94 bits per heavy atom. The van der Waals surface area contributed by atoms with Crippen LogP contribution in [0.2, 0.25) is 0 Å². The van der Waals surface area contributed by atoms with Gasteiger partial charge in [-0.3, -0.25) is 9.59 Å². The Hall–Kier alpha value is -3.05. The first-order valence-electron chi connectivity index (χ1n) is 12.5. The van der Waals surface area contributed by atoms with Crippen molar-refractivity contribution in [1.29, 1.82) is 0 Å². The second-order valence-electron chi connectivity index (χ2n) is 9.24. The van der Waals surface area contributed by atoms with Gasteiger partial charge in [-0.25, -0.2) is 15.0 Å². The molecule has 196 valence electrons. The number of carbonyl (C=O) groups excluding carboxylic acids is 2.